The minimum absolute atomic E-state index is 0.135. The first kappa shape index (κ1) is 16.4. The third-order valence-electron chi connectivity index (χ3n) is 3.71. The molecule has 2 aromatic rings. The lowest BCUT2D eigenvalue weighted by atomic mass is 9.92. The van der Waals surface area contributed by atoms with Crippen molar-refractivity contribution in [1.29, 1.82) is 0 Å². The van der Waals surface area contributed by atoms with Gasteiger partial charge in [-0.1, -0.05) is 47.5 Å². The Labute approximate surface area is 137 Å². The molecule has 3 atom stereocenters. The van der Waals surface area contributed by atoms with Crippen molar-refractivity contribution in [3.05, 3.63) is 36.0 Å². The Balaban J connectivity index is 2.25. The lowest BCUT2D eigenvalue weighted by Gasteiger charge is -2.20. The molecule has 2 rings (SSSR count). The highest BCUT2D eigenvalue weighted by atomic mass is 79.9. The van der Waals surface area contributed by atoms with E-state index in [1.165, 1.54) is 0 Å². The van der Waals surface area contributed by atoms with Crippen LogP contribution in [-0.4, -0.2) is 26.3 Å². The normalized spacial score (nSPS) is 15.8. The standard InChI is InChI=1S/C16H19BrClNO2/c1-2-5-13(17)14(18)8-11(16(20)21)12-9-19-15-7-4-3-6-10(12)15/h3-4,6-7,9,11,13-14,19H,2,5,8H2,1H3,(H,20,21). The molecule has 0 aliphatic carbocycles. The first-order valence-corrected chi connectivity index (χ1v) is 8.46. The number of carboxylic acids is 1. The summed E-state index contributed by atoms with van der Waals surface area (Å²) in [5, 5.41) is 10.3. The van der Waals surface area contributed by atoms with Crippen molar-refractivity contribution in [2.24, 2.45) is 0 Å². The first-order valence-electron chi connectivity index (χ1n) is 7.11. The molecular formula is C16H19BrClNO2. The summed E-state index contributed by atoms with van der Waals surface area (Å²) in [6.07, 6.45) is 4.16. The minimum atomic E-state index is -0.832. The predicted molar refractivity (Wildman–Crippen MR) is 90.6 cm³/mol. The van der Waals surface area contributed by atoms with E-state index in [4.69, 9.17) is 11.6 Å². The zero-order valence-electron chi connectivity index (χ0n) is 11.9. The number of rotatable bonds is 7. The number of alkyl halides is 2. The van der Waals surface area contributed by atoms with Crippen molar-refractivity contribution < 1.29 is 9.90 Å². The summed E-state index contributed by atoms with van der Waals surface area (Å²) in [5.41, 5.74) is 1.76. The van der Waals surface area contributed by atoms with Crippen LogP contribution in [0.4, 0.5) is 0 Å². The molecule has 0 saturated carbocycles. The molecule has 0 fully saturated rings. The average Bonchev–Trinajstić information content (AvgIpc) is 2.88. The molecule has 0 amide bonds. The Kier molecular flexibility index (Phi) is 5.71. The SMILES string of the molecule is CCCC(Br)C(Cl)CC(C(=O)O)c1c[nH]c2ccccc12. The number of carbonyl (C=O) groups is 1. The second-order valence-electron chi connectivity index (χ2n) is 5.24. The topological polar surface area (TPSA) is 53.1 Å². The summed E-state index contributed by atoms with van der Waals surface area (Å²) >= 11 is 9.96. The molecule has 0 saturated heterocycles. The van der Waals surface area contributed by atoms with E-state index >= 15 is 0 Å². The van der Waals surface area contributed by atoms with Crippen LogP contribution in [0.25, 0.3) is 10.9 Å². The minimum Gasteiger partial charge on any atom is -0.481 e. The number of benzene rings is 1. The monoisotopic (exact) mass is 371 g/mol. The zero-order valence-corrected chi connectivity index (χ0v) is 14.2. The maximum Gasteiger partial charge on any atom is 0.311 e. The highest BCUT2D eigenvalue weighted by Gasteiger charge is 2.28. The summed E-state index contributed by atoms with van der Waals surface area (Å²) in [4.78, 5) is 14.9. The van der Waals surface area contributed by atoms with E-state index in [9.17, 15) is 9.90 Å². The molecule has 5 heteroatoms. The molecule has 0 spiro atoms. The van der Waals surface area contributed by atoms with E-state index in [0.29, 0.717) is 6.42 Å². The fraction of sp³-hybridized carbons (Fsp3) is 0.438. The molecule has 2 N–H and O–H groups in total. The number of aromatic amines is 1. The Morgan fingerprint density at radius 2 is 2.14 bits per heavy atom. The van der Waals surface area contributed by atoms with Crippen LogP contribution in [0.5, 0.6) is 0 Å². The number of hydrogen-bond acceptors (Lipinski definition) is 1. The molecule has 3 unspecified atom stereocenters. The Hall–Kier alpha value is -1.00. The van der Waals surface area contributed by atoms with E-state index < -0.39 is 11.9 Å². The molecule has 0 aliphatic rings. The Morgan fingerprint density at radius 3 is 2.81 bits per heavy atom. The van der Waals surface area contributed by atoms with E-state index in [1.54, 1.807) is 6.20 Å². The van der Waals surface area contributed by atoms with Gasteiger partial charge in [-0.15, -0.1) is 11.6 Å². The molecule has 1 aromatic carbocycles. The number of H-pyrrole nitrogens is 1. The predicted octanol–water partition coefficient (Wildman–Crippen LogP) is 4.90. The largest absolute Gasteiger partial charge is 0.481 e. The Morgan fingerprint density at radius 1 is 1.43 bits per heavy atom. The van der Waals surface area contributed by atoms with Gasteiger partial charge < -0.3 is 10.1 Å². The van der Waals surface area contributed by atoms with Crippen LogP contribution in [-0.2, 0) is 4.79 Å². The van der Waals surface area contributed by atoms with Crippen molar-refractivity contribution >= 4 is 44.4 Å². The van der Waals surface area contributed by atoms with E-state index in [-0.39, 0.29) is 10.2 Å². The number of halogens is 2. The van der Waals surface area contributed by atoms with Crippen LogP contribution in [0.3, 0.4) is 0 Å². The van der Waals surface area contributed by atoms with Gasteiger partial charge in [0.2, 0.25) is 0 Å². The quantitative estimate of drug-likeness (QED) is 0.679. The van der Waals surface area contributed by atoms with Gasteiger partial charge in [0.05, 0.1) is 5.92 Å². The molecule has 3 nitrogen and oxygen atoms in total. The molecule has 21 heavy (non-hydrogen) atoms. The van der Waals surface area contributed by atoms with Crippen molar-refractivity contribution in [2.75, 3.05) is 0 Å². The summed E-state index contributed by atoms with van der Waals surface area (Å²) < 4.78 is 0. The molecule has 0 bridgehead atoms. The van der Waals surface area contributed by atoms with Crippen molar-refractivity contribution in [1.82, 2.24) is 4.98 Å². The third-order valence-corrected chi connectivity index (χ3v) is 5.60. The molecule has 1 aromatic heterocycles. The van der Waals surface area contributed by atoms with E-state index in [2.05, 4.69) is 27.8 Å². The van der Waals surface area contributed by atoms with Crippen molar-refractivity contribution in [3.63, 3.8) is 0 Å². The van der Waals surface area contributed by atoms with Gasteiger partial charge in [0.15, 0.2) is 0 Å². The number of aromatic nitrogens is 1. The highest BCUT2D eigenvalue weighted by Crippen LogP contribution is 2.33. The van der Waals surface area contributed by atoms with E-state index in [0.717, 1.165) is 29.3 Å². The highest BCUT2D eigenvalue weighted by molar-refractivity contribution is 9.09. The summed E-state index contributed by atoms with van der Waals surface area (Å²) in [5.74, 6) is -1.43. The first-order chi connectivity index (χ1) is 10.0. The lowest BCUT2D eigenvalue weighted by Crippen LogP contribution is -2.22. The van der Waals surface area contributed by atoms with Gasteiger partial charge in [-0.25, -0.2) is 0 Å². The smallest absolute Gasteiger partial charge is 0.311 e. The van der Waals surface area contributed by atoms with Gasteiger partial charge in [0, 0.05) is 27.3 Å². The molecule has 1 heterocycles. The lowest BCUT2D eigenvalue weighted by molar-refractivity contribution is -0.138. The summed E-state index contributed by atoms with van der Waals surface area (Å²) in [6, 6.07) is 7.73. The zero-order chi connectivity index (χ0) is 15.4. The number of hydrogen-bond donors (Lipinski definition) is 2. The number of fused-ring (bicyclic) bond motifs is 1. The van der Waals surface area contributed by atoms with Gasteiger partial charge in [-0.3, -0.25) is 4.79 Å². The fourth-order valence-corrected chi connectivity index (χ4v) is 3.55. The van der Waals surface area contributed by atoms with Crippen LogP contribution in [0.2, 0.25) is 0 Å². The fourth-order valence-electron chi connectivity index (χ4n) is 2.57. The number of carboxylic acid groups (broad SMARTS) is 1. The van der Waals surface area contributed by atoms with Crippen molar-refractivity contribution in [2.45, 2.75) is 42.3 Å². The summed E-state index contributed by atoms with van der Waals surface area (Å²) in [7, 11) is 0. The number of para-hydroxylation sites is 1. The van der Waals surface area contributed by atoms with Crippen LogP contribution in [0.1, 0.15) is 37.7 Å². The maximum absolute atomic E-state index is 11.7. The summed E-state index contributed by atoms with van der Waals surface area (Å²) in [6.45, 7) is 2.09. The van der Waals surface area contributed by atoms with Crippen LogP contribution in [0, 0.1) is 0 Å². The van der Waals surface area contributed by atoms with E-state index in [1.807, 2.05) is 24.3 Å². The average molecular weight is 373 g/mol. The molecule has 0 aliphatic heterocycles. The number of aliphatic carboxylic acids is 1. The van der Waals surface area contributed by atoms with Gasteiger partial charge >= 0.3 is 5.97 Å². The Bertz CT molecular complexity index is 613. The molecular weight excluding hydrogens is 354 g/mol. The van der Waals surface area contributed by atoms with Crippen LogP contribution < -0.4 is 0 Å². The van der Waals surface area contributed by atoms with Gasteiger partial charge in [-0.2, -0.15) is 0 Å². The van der Waals surface area contributed by atoms with Gasteiger partial charge in [0.25, 0.3) is 0 Å². The van der Waals surface area contributed by atoms with Crippen molar-refractivity contribution in [3.8, 4) is 0 Å². The molecule has 0 radical (unpaired) electrons. The second kappa shape index (κ2) is 7.32. The van der Waals surface area contributed by atoms with Crippen LogP contribution >= 0.6 is 27.5 Å². The van der Waals surface area contributed by atoms with Gasteiger partial charge in [0.1, 0.15) is 0 Å². The van der Waals surface area contributed by atoms with Crippen LogP contribution in [0.15, 0.2) is 30.5 Å². The molecule has 114 valence electrons. The number of nitrogens with one attached hydrogen (secondary N) is 1. The van der Waals surface area contributed by atoms with Gasteiger partial charge in [-0.05, 0) is 24.5 Å². The maximum atomic E-state index is 11.7. The second-order valence-corrected chi connectivity index (χ2v) is 6.97. The third kappa shape index (κ3) is 3.80.